The smallest absolute Gasteiger partial charge is 0.244 e. The Bertz CT molecular complexity index is 939. The van der Waals surface area contributed by atoms with Gasteiger partial charge in [-0.15, -0.1) is 11.3 Å². The van der Waals surface area contributed by atoms with Crippen molar-refractivity contribution < 1.29 is 13.2 Å². The summed E-state index contributed by atoms with van der Waals surface area (Å²) in [4.78, 5) is 13.6. The highest BCUT2D eigenvalue weighted by Gasteiger charge is 2.33. The van der Waals surface area contributed by atoms with Crippen molar-refractivity contribution in [3.8, 4) is 0 Å². The van der Waals surface area contributed by atoms with Gasteiger partial charge in [0.25, 0.3) is 0 Å². The number of hydrazone groups is 1. The van der Waals surface area contributed by atoms with Crippen LogP contribution in [0.25, 0.3) is 0 Å². The minimum absolute atomic E-state index is 0.169. The quantitative estimate of drug-likeness (QED) is 0.538. The summed E-state index contributed by atoms with van der Waals surface area (Å²) in [5.74, 6) is -0.670. The second-order valence-electron chi connectivity index (χ2n) is 6.39. The van der Waals surface area contributed by atoms with E-state index in [2.05, 4.69) is 26.5 Å². The van der Waals surface area contributed by atoms with Crippen molar-refractivity contribution in [3.05, 3.63) is 50.6 Å². The molecule has 1 aliphatic rings. The van der Waals surface area contributed by atoms with Gasteiger partial charge in [0.1, 0.15) is 0 Å². The van der Waals surface area contributed by atoms with Gasteiger partial charge in [0, 0.05) is 18.0 Å². The first kappa shape index (κ1) is 20.2. The summed E-state index contributed by atoms with van der Waals surface area (Å²) in [7, 11) is -3.59. The summed E-state index contributed by atoms with van der Waals surface area (Å²) in [6.07, 6.45) is 2.87. The van der Waals surface area contributed by atoms with Gasteiger partial charge < -0.3 is 0 Å². The van der Waals surface area contributed by atoms with Gasteiger partial charge in [-0.05, 0) is 60.0 Å². The molecule has 1 aliphatic heterocycles. The van der Waals surface area contributed by atoms with E-state index in [0.717, 1.165) is 14.2 Å². The second-order valence-corrected chi connectivity index (χ2v) is 10.8. The molecule has 0 spiro atoms. The van der Waals surface area contributed by atoms with Crippen LogP contribution in [0.15, 0.2) is 50.2 Å². The highest BCUT2D eigenvalue weighted by atomic mass is 79.9. The maximum absolute atomic E-state index is 12.8. The molecule has 3 rings (SSSR count). The van der Waals surface area contributed by atoms with Crippen molar-refractivity contribution in [3.63, 3.8) is 0 Å². The predicted molar refractivity (Wildman–Crippen MR) is 110 cm³/mol. The Morgan fingerprint density at radius 3 is 2.70 bits per heavy atom. The third kappa shape index (κ3) is 5.04. The summed E-state index contributed by atoms with van der Waals surface area (Å²) in [6, 6.07) is 10.6. The minimum Gasteiger partial charge on any atom is -0.273 e. The maximum Gasteiger partial charge on any atom is 0.244 e. The Hall–Kier alpha value is -1.55. The molecule has 9 heteroatoms. The molecule has 27 heavy (non-hydrogen) atoms. The minimum atomic E-state index is -3.59. The fourth-order valence-electron chi connectivity index (χ4n) is 2.88. The maximum atomic E-state index is 12.8. The fourth-order valence-corrected chi connectivity index (χ4v) is 5.70. The van der Waals surface area contributed by atoms with Crippen molar-refractivity contribution in [1.29, 1.82) is 0 Å². The lowest BCUT2D eigenvalue weighted by Gasteiger charge is -2.30. The number of carbonyl (C=O) groups is 1. The van der Waals surface area contributed by atoms with E-state index in [1.165, 1.54) is 15.6 Å². The number of amides is 1. The van der Waals surface area contributed by atoms with Gasteiger partial charge >= 0.3 is 0 Å². The highest BCUT2D eigenvalue weighted by molar-refractivity contribution is 9.11. The average molecular weight is 470 g/mol. The number of piperidine rings is 1. The van der Waals surface area contributed by atoms with E-state index in [1.807, 2.05) is 19.1 Å². The molecule has 0 saturated carbocycles. The van der Waals surface area contributed by atoms with E-state index in [1.54, 1.807) is 30.5 Å². The zero-order valence-corrected chi connectivity index (χ0v) is 18.0. The standard InChI is InChI=1S/C18H20BrN3O3S2/c1-13-4-7-16(8-5-13)27(24,25)22-10-2-3-14(12-22)18(23)21-20-11-15-6-9-17(19)26-15/h4-9,11,14H,2-3,10,12H2,1H3,(H,21,23). The van der Waals surface area contributed by atoms with Gasteiger partial charge in [-0.25, -0.2) is 13.8 Å². The molecule has 1 amide bonds. The molecular weight excluding hydrogens is 450 g/mol. The fraction of sp³-hybridized carbons (Fsp3) is 0.333. The molecule has 1 aromatic carbocycles. The van der Waals surface area contributed by atoms with Crippen LogP contribution in [0.1, 0.15) is 23.3 Å². The normalized spacial score (nSPS) is 18.7. The van der Waals surface area contributed by atoms with Gasteiger partial charge in [0.2, 0.25) is 15.9 Å². The third-order valence-corrected chi connectivity index (χ3v) is 7.81. The van der Waals surface area contributed by atoms with Gasteiger partial charge in [0.15, 0.2) is 0 Å². The van der Waals surface area contributed by atoms with E-state index >= 15 is 0 Å². The number of thiophene rings is 1. The van der Waals surface area contributed by atoms with Crippen molar-refractivity contribution in [1.82, 2.24) is 9.73 Å². The van der Waals surface area contributed by atoms with Gasteiger partial charge in [-0.1, -0.05) is 17.7 Å². The number of hydrogen-bond acceptors (Lipinski definition) is 5. The summed E-state index contributed by atoms with van der Waals surface area (Å²) < 4.78 is 28.0. The Morgan fingerprint density at radius 1 is 1.30 bits per heavy atom. The van der Waals surface area contributed by atoms with Crippen molar-refractivity contribution >= 4 is 49.4 Å². The highest BCUT2D eigenvalue weighted by Crippen LogP contribution is 2.24. The van der Waals surface area contributed by atoms with Crippen molar-refractivity contribution in [2.24, 2.45) is 11.0 Å². The number of sulfonamides is 1. The Kier molecular flexibility index (Phi) is 6.46. The first-order valence-corrected chi connectivity index (χ1v) is 11.6. The summed E-state index contributed by atoms with van der Waals surface area (Å²) in [6.45, 7) is 2.50. The molecule has 0 bridgehead atoms. The average Bonchev–Trinajstić information content (AvgIpc) is 3.07. The van der Waals surface area contributed by atoms with E-state index in [4.69, 9.17) is 0 Å². The van der Waals surface area contributed by atoms with E-state index in [-0.39, 0.29) is 17.3 Å². The van der Waals surface area contributed by atoms with E-state index in [9.17, 15) is 13.2 Å². The lowest BCUT2D eigenvalue weighted by atomic mass is 9.99. The van der Waals surface area contributed by atoms with E-state index in [0.29, 0.717) is 19.4 Å². The van der Waals surface area contributed by atoms with Gasteiger partial charge in [-0.2, -0.15) is 9.41 Å². The molecular formula is C18H20BrN3O3S2. The van der Waals surface area contributed by atoms with Crippen LogP contribution >= 0.6 is 27.3 Å². The lowest BCUT2D eigenvalue weighted by Crippen LogP contribution is -2.44. The van der Waals surface area contributed by atoms with Gasteiger partial charge in [0.05, 0.1) is 20.8 Å². The zero-order chi connectivity index (χ0) is 19.4. The largest absolute Gasteiger partial charge is 0.273 e. The van der Waals surface area contributed by atoms with Crippen LogP contribution in [-0.2, 0) is 14.8 Å². The molecule has 1 saturated heterocycles. The summed E-state index contributed by atoms with van der Waals surface area (Å²) in [5, 5.41) is 3.98. The van der Waals surface area contributed by atoms with Crippen LogP contribution in [0.5, 0.6) is 0 Å². The van der Waals surface area contributed by atoms with Crippen LogP contribution < -0.4 is 5.43 Å². The van der Waals surface area contributed by atoms with Crippen LogP contribution in [0.3, 0.4) is 0 Å². The van der Waals surface area contributed by atoms with Crippen molar-refractivity contribution in [2.45, 2.75) is 24.7 Å². The van der Waals surface area contributed by atoms with Crippen LogP contribution in [0.2, 0.25) is 0 Å². The number of hydrogen-bond donors (Lipinski definition) is 1. The predicted octanol–water partition coefficient (Wildman–Crippen LogP) is 3.37. The molecule has 1 atom stereocenters. The molecule has 1 N–H and O–H groups in total. The topological polar surface area (TPSA) is 78.8 Å². The molecule has 6 nitrogen and oxygen atoms in total. The first-order chi connectivity index (χ1) is 12.9. The lowest BCUT2D eigenvalue weighted by molar-refractivity contribution is -0.126. The molecule has 0 aliphatic carbocycles. The number of carbonyl (C=O) groups excluding carboxylic acids is 1. The number of nitrogens with zero attached hydrogens (tertiary/aromatic N) is 2. The number of nitrogens with one attached hydrogen (secondary N) is 1. The Balaban J connectivity index is 1.63. The molecule has 1 fully saturated rings. The third-order valence-electron chi connectivity index (χ3n) is 4.37. The van der Waals surface area contributed by atoms with Crippen LogP contribution in [-0.4, -0.2) is 37.9 Å². The van der Waals surface area contributed by atoms with Crippen LogP contribution in [0, 0.1) is 12.8 Å². The number of rotatable bonds is 5. The SMILES string of the molecule is Cc1ccc(S(=O)(=O)N2CCCC(C(=O)NN=Cc3ccc(Br)s3)C2)cc1. The monoisotopic (exact) mass is 469 g/mol. The first-order valence-electron chi connectivity index (χ1n) is 8.51. The molecule has 1 unspecified atom stereocenters. The number of benzene rings is 1. The van der Waals surface area contributed by atoms with E-state index < -0.39 is 15.9 Å². The van der Waals surface area contributed by atoms with Crippen molar-refractivity contribution in [2.75, 3.05) is 13.1 Å². The van der Waals surface area contributed by atoms with Crippen LogP contribution in [0.4, 0.5) is 0 Å². The Morgan fingerprint density at radius 2 is 2.04 bits per heavy atom. The molecule has 2 aromatic rings. The zero-order valence-electron chi connectivity index (χ0n) is 14.8. The Labute approximate surface area is 171 Å². The second kappa shape index (κ2) is 8.64. The number of halogens is 1. The molecule has 144 valence electrons. The molecule has 0 radical (unpaired) electrons. The molecule has 2 heterocycles. The van der Waals surface area contributed by atoms with Gasteiger partial charge in [-0.3, -0.25) is 4.79 Å². The number of aryl methyl sites for hydroxylation is 1. The summed E-state index contributed by atoms with van der Waals surface area (Å²) >= 11 is 4.88. The molecule has 1 aromatic heterocycles. The summed E-state index contributed by atoms with van der Waals surface area (Å²) in [5.41, 5.74) is 3.53.